The molecular formula is C83H80F2N16O8S2. The number of aromatic nitrogens is 8. The summed E-state index contributed by atoms with van der Waals surface area (Å²) in [5.74, 6) is 2.70. The van der Waals surface area contributed by atoms with Crippen molar-refractivity contribution in [2.75, 3.05) is 70.5 Å². The number of nitrogens with zero attached hydrogens (tertiary/aromatic N) is 12. The maximum atomic E-state index is 14.9. The number of hydrogen-bond acceptors (Lipinski definition) is 14. The quantitative estimate of drug-likeness (QED) is 0.0582. The van der Waals surface area contributed by atoms with Crippen molar-refractivity contribution in [1.82, 2.24) is 47.3 Å². The third kappa shape index (κ3) is 18.2. The second-order valence-electron chi connectivity index (χ2n) is 29.0. The fraction of sp³-hybridized carbons (Fsp3) is 0.301. The molecule has 4 saturated carbocycles. The van der Waals surface area contributed by atoms with Crippen LogP contribution in [0.1, 0.15) is 86.6 Å². The average Bonchev–Trinajstić information content (AvgIpc) is 1.69. The van der Waals surface area contributed by atoms with Gasteiger partial charge < -0.3 is 31.0 Å². The van der Waals surface area contributed by atoms with Crippen LogP contribution in [-0.4, -0.2) is 137 Å². The van der Waals surface area contributed by atoms with Crippen LogP contribution in [0.4, 0.5) is 32.1 Å². The molecule has 24 nitrogen and oxygen atoms in total. The first-order chi connectivity index (χ1) is 53.6. The number of anilines is 4. The number of hydrogen-bond donors (Lipinski definition) is 4. The second kappa shape index (κ2) is 32.0. The highest BCUT2D eigenvalue weighted by molar-refractivity contribution is 7.91. The molecule has 6 fully saturated rings. The number of benzene rings is 4. The van der Waals surface area contributed by atoms with Crippen LogP contribution in [0.2, 0.25) is 0 Å². The molecule has 6 aliphatic rings. The largest absolute Gasteiger partial charge is 0.312 e. The van der Waals surface area contributed by atoms with Gasteiger partial charge in [-0.1, -0.05) is 84.9 Å². The molecule has 1 atom stereocenters. The van der Waals surface area contributed by atoms with Crippen LogP contribution in [0.25, 0.3) is 77.3 Å². The predicted octanol–water partition coefficient (Wildman–Crippen LogP) is 13.5. The second-order valence-corrected chi connectivity index (χ2v) is 33.6. The Morgan fingerprint density at radius 1 is 0.432 bits per heavy atom. The minimum atomic E-state index is -2.96. The Labute approximate surface area is 640 Å². The van der Waals surface area contributed by atoms with E-state index < -0.39 is 25.5 Å². The Morgan fingerprint density at radius 2 is 0.766 bits per heavy atom. The lowest BCUT2D eigenvalue weighted by molar-refractivity contribution is -0.118. The van der Waals surface area contributed by atoms with Gasteiger partial charge in [-0.05, 0) is 141 Å². The van der Waals surface area contributed by atoms with Gasteiger partial charge in [-0.15, -0.1) is 0 Å². The van der Waals surface area contributed by atoms with Crippen LogP contribution in [0.15, 0.2) is 183 Å². The van der Waals surface area contributed by atoms with Crippen molar-refractivity contribution in [2.24, 2.45) is 23.7 Å². The minimum absolute atomic E-state index is 0.000465. The molecule has 4 amide bonds. The van der Waals surface area contributed by atoms with E-state index in [9.17, 15) is 44.8 Å². The highest BCUT2D eigenvalue weighted by Gasteiger charge is 2.34. The zero-order chi connectivity index (χ0) is 77.1. The van der Waals surface area contributed by atoms with Crippen molar-refractivity contribution in [3.05, 3.63) is 239 Å². The minimum Gasteiger partial charge on any atom is -0.312 e. The summed E-state index contributed by atoms with van der Waals surface area (Å²) < 4.78 is 83.2. The van der Waals surface area contributed by atoms with Gasteiger partial charge >= 0.3 is 0 Å². The summed E-state index contributed by atoms with van der Waals surface area (Å²) in [6, 6.07) is 49.1. The molecule has 28 heteroatoms. The third-order valence-electron chi connectivity index (χ3n) is 20.5. The van der Waals surface area contributed by atoms with Crippen molar-refractivity contribution >= 4 is 89.2 Å². The number of rotatable bonds is 18. The number of halogens is 2. The molecule has 111 heavy (non-hydrogen) atoms. The van der Waals surface area contributed by atoms with E-state index in [4.69, 9.17) is 13.1 Å². The Kier molecular flexibility index (Phi) is 21.5. The van der Waals surface area contributed by atoms with Gasteiger partial charge in [0.25, 0.3) is 0 Å². The normalized spacial score (nSPS) is 16.8. The fourth-order valence-electron chi connectivity index (χ4n) is 13.4. The summed E-state index contributed by atoms with van der Waals surface area (Å²) in [7, 11) is -5.83. The Morgan fingerprint density at radius 3 is 1.12 bits per heavy atom. The van der Waals surface area contributed by atoms with Gasteiger partial charge in [0.05, 0.1) is 76.1 Å². The van der Waals surface area contributed by atoms with Crippen molar-refractivity contribution in [3.63, 3.8) is 0 Å². The first kappa shape index (κ1) is 74.6. The van der Waals surface area contributed by atoms with Crippen LogP contribution in [0.5, 0.6) is 0 Å². The lowest BCUT2D eigenvalue weighted by Gasteiger charge is -2.26. The number of sulfone groups is 2. The van der Waals surface area contributed by atoms with Crippen LogP contribution in [0.3, 0.4) is 0 Å². The van der Waals surface area contributed by atoms with Gasteiger partial charge in [0.2, 0.25) is 36.2 Å². The van der Waals surface area contributed by atoms with Crippen LogP contribution >= 0.6 is 0 Å². The molecule has 0 radical (unpaired) electrons. The highest BCUT2D eigenvalue weighted by atomic mass is 32.2. The summed E-state index contributed by atoms with van der Waals surface area (Å²) in [4.78, 5) is 76.8. The molecule has 12 aromatic rings. The highest BCUT2D eigenvalue weighted by Crippen LogP contribution is 2.36. The smallest absolute Gasteiger partial charge is 0.245 e. The first-order valence-corrected chi connectivity index (χ1v) is 40.8. The van der Waals surface area contributed by atoms with E-state index in [1.165, 1.54) is 12.1 Å². The fourth-order valence-corrected chi connectivity index (χ4v) is 16.0. The Hall–Kier alpha value is -11.8. The van der Waals surface area contributed by atoms with E-state index in [1.54, 1.807) is 30.6 Å². The van der Waals surface area contributed by atoms with E-state index in [0.717, 1.165) is 114 Å². The Bertz CT molecular complexity index is 5880. The lowest BCUT2D eigenvalue weighted by Crippen LogP contribution is -2.39. The van der Waals surface area contributed by atoms with Crippen molar-refractivity contribution in [2.45, 2.75) is 84.0 Å². The summed E-state index contributed by atoms with van der Waals surface area (Å²) in [6.45, 7) is 19.0. The monoisotopic (exact) mass is 1530 g/mol. The molecule has 566 valence electrons. The van der Waals surface area contributed by atoms with Crippen LogP contribution < -0.4 is 21.3 Å². The standard InChI is InChI=1S/C22H23FN4O3S.C22H24N4O3S.C20H18N4O.C19H15FN4O/c23-18-12-16(6-7-17(18)13-26-8-10-31(29,30)11-9-26)19-2-1-3-21-24-20(14-27(19)21)25-22(28)15-4-5-15;27-22(17-7-8-17)24-20-15-26-19(5-2-6-21(26)23-20)18-4-1-3-16(13-18)14-25-9-11-30(28,29)12-10-25;1-13(21-2)14-6-8-15(9-7-14)17-4-3-5-19-22-18(12-24(17)19)23-20(25)16-10-11-16;1-21-10-14-8-7-13(9-15(14)20)16-3-2-4-18-22-17(11-24(16)18)23-19(25)12-5-6-12/h1-3,6-7,12,14-15H,4-5,8-11,13H2,(H,25,28);1-6,13,15,17H,7-12,14H2,(H,24,27);3-9,12-13,16H,10-11H2,1H3,(H,23,25);2-4,7-9,11-12H,5-6,10H2,(H,23,25). The first-order valence-electron chi connectivity index (χ1n) is 37.1. The van der Waals surface area contributed by atoms with Gasteiger partial charge in [0.1, 0.15) is 34.2 Å². The van der Waals surface area contributed by atoms with Crippen LogP contribution in [-0.2, 0) is 58.5 Å². The van der Waals surface area contributed by atoms with E-state index in [1.807, 2.05) is 151 Å². The molecule has 0 bridgehead atoms. The zero-order valence-electron chi connectivity index (χ0n) is 60.8. The van der Waals surface area contributed by atoms with E-state index >= 15 is 0 Å². The molecule has 4 aliphatic carbocycles. The maximum absolute atomic E-state index is 14.9. The summed E-state index contributed by atoms with van der Waals surface area (Å²) in [5, 5.41) is 11.5. The topological polar surface area (TPSA) is 269 Å². The molecule has 4 N–H and O–H groups in total. The maximum Gasteiger partial charge on any atom is 0.245 e. The summed E-state index contributed by atoms with van der Waals surface area (Å²) in [6.07, 6.45) is 14.8. The lowest BCUT2D eigenvalue weighted by atomic mass is 10.0. The van der Waals surface area contributed by atoms with Crippen molar-refractivity contribution in [1.29, 1.82) is 0 Å². The molecule has 4 aromatic carbocycles. The molecule has 18 rings (SSSR count). The van der Waals surface area contributed by atoms with Gasteiger partial charge in [0, 0.05) is 92.1 Å². The van der Waals surface area contributed by atoms with Gasteiger partial charge in [0.15, 0.2) is 42.9 Å². The van der Waals surface area contributed by atoms with Gasteiger partial charge in [-0.25, -0.2) is 58.7 Å². The SMILES string of the molecule is O=C(Nc1cn2c(-c3ccc(CN4CCS(=O)(=O)CC4)c(F)c3)cccc2n1)C1CC1.O=C(Nc1cn2c(-c3cccc(CN4CCS(=O)(=O)CC4)c3)cccc2n1)C1CC1.[C-]#[N+]C(C)c1ccc(-c2cccc3nc(NC(=O)C4CC4)cn23)cc1.[C-]#[N+]Cc1ccc(-c2cccc3nc(NC(=O)C4CC4)cn23)cc1F. The summed E-state index contributed by atoms with van der Waals surface area (Å²) in [5.41, 5.74) is 13.0. The van der Waals surface area contributed by atoms with E-state index in [2.05, 4.69) is 74.0 Å². The number of carbonyl (C=O) groups is 4. The number of fused-ring (bicyclic) bond motifs is 4. The third-order valence-corrected chi connectivity index (χ3v) is 23.7. The molecule has 0 spiro atoms. The van der Waals surface area contributed by atoms with E-state index in [-0.39, 0.29) is 88.7 Å². The molecule has 1 unspecified atom stereocenters. The van der Waals surface area contributed by atoms with Crippen molar-refractivity contribution in [3.8, 4) is 45.0 Å². The molecule has 2 saturated heterocycles. The van der Waals surface area contributed by atoms with Gasteiger partial charge in [-0.3, -0.25) is 46.6 Å². The molecule has 10 heterocycles. The number of carbonyl (C=O) groups excluding carboxylic acids is 4. The Balaban J connectivity index is 0.000000118. The molecule has 2 aliphatic heterocycles. The van der Waals surface area contributed by atoms with Crippen LogP contribution in [0, 0.1) is 48.5 Å². The number of nitrogens with one attached hydrogen (secondary N) is 4. The number of pyridine rings is 4. The van der Waals surface area contributed by atoms with E-state index in [0.29, 0.717) is 89.5 Å². The number of imidazole rings is 4. The van der Waals surface area contributed by atoms with Gasteiger partial charge in [-0.2, -0.15) is 0 Å². The molecular weight excluding hydrogens is 1450 g/mol. The van der Waals surface area contributed by atoms with Crippen molar-refractivity contribution < 1.29 is 44.8 Å². The summed E-state index contributed by atoms with van der Waals surface area (Å²) >= 11 is 0. The molecule has 8 aromatic heterocycles. The predicted molar refractivity (Wildman–Crippen MR) is 421 cm³/mol. The average molecular weight is 1530 g/mol. The number of amides is 4. The zero-order valence-corrected chi connectivity index (χ0v) is 62.5.